The first-order chi connectivity index (χ1) is 9.08. The third kappa shape index (κ3) is 4.19. The zero-order valence-electron chi connectivity index (χ0n) is 10.8. The van der Waals surface area contributed by atoms with Gasteiger partial charge in [0, 0.05) is 16.7 Å². The number of rotatable bonds is 4. The van der Waals surface area contributed by atoms with E-state index in [0.29, 0.717) is 26.6 Å². The molecule has 1 aromatic carbocycles. The highest BCUT2D eigenvalue weighted by atomic mass is 35.5. The second-order valence-corrected chi connectivity index (χ2v) is 7.46. The van der Waals surface area contributed by atoms with Crippen molar-refractivity contribution in [3.05, 3.63) is 28.2 Å². The second kappa shape index (κ2) is 7.07. The van der Waals surface area contributed by atoms with Crippen LogP contribution in [0.15, 0.2) is 23.1 Å². The van der Waals surface area contributed by atoms with E-state index >= 15 is 0 Å². The average molecular weight is 320 g/mol. The van der Waals surface area contributed by atoms with Crippen molar-refractivity contribution in [2.45, 2.75) is 43.0 Å². The number of halogens is 2. The maximum absolute atomic E-state index is 12.3. The lowest BCUT2D eigenvalue weighted by molar-refractivity contribution is 0.318. The van der Waals surface area contributed by atoms with Gasteiger partial charge in [-0.1, -0.05) is 42.5 Å². The first-order valence-electron chi connectivity index (χ1n) is 6.67. The molecule has 0 amide bonds. The fourth-order valence-corrected chi connectivity index (χ4v) is 4.23. The highest BCUT2D eigenvalue weighted by molar-refractivity contribution is 7.85. The van der Waals surface area contributed by atoms with Gasteiger partial charge in [0.25, 0.3) is 0 Å². The summed E-state index contributed by atoms with van der Waals surface area (Å²) in [5.74, 6) is 1.02. The van der Waals surface area contributed by atoms with Gasteiger partial charge >= 0.3 is 0 Å². The van der Waals surface area contributed by atoms with Crippen molar-refractivity contribution in [2.24, 2.45) is 11.7 Å². The van der Waals surface area contributed by atoms with Gasteiger partial charge in [0.2, 0.25) is 0 Å². The first kappa shape index (κ1) is 15.3. The van der Waals surface area contributed by atoms with E-state index in [4.69, 9.17) is 28.9 Å². The zero-order chi connectivity index (χ0) is 13.8. The number of nitrogens with two attached hydrogens (primary N) is 1. The summed E-state index contributed by atoms with van der Waals surface area (Å²) in [4.78, 5) is 0.709. The van der Waals surface area contributed by atoms with Crippen LogP contribution in [-0.2, 0) is 10.8 Å². The zero-order valence-corrected chi connectivity index (χ0v) is 13.1. The molecular weight excluding hydrogens is 301 g/mol. The van der Waals surface area contributed by atoms with E-state index in [0.717, 1.165) is 0 Å². The molecule has 1 aromatic rings. The SMILES string of the molecule is NC(CS(=O)c1ccc(Cl)c(Cl)c1)C1CCCCC1. The van der Waals surface area contributed by atoms with Crippen LogP contribution in [0.1, 0.15) is 32.1 Å². The van der Waals surface area contributed by atoms with Crippen molar-refractivity contribution >= 4 is 34.0 Å². The number of benzene rings is 1. The van der Waals surface area contributed by atoms with Crippen LogP contribution >= 0.6 is 23.2 Å². The summed E-state index contributed by atoms with van der Waals surface area (Å²) in [5, 5.41) is 0.928. The lowest BCUT2D eigenvalue weighted by Crippen LogP contribution is -2.36. The van der Waals surface area contributed by atoms with Gasteiger partial charge in [-0.15, -0.1) is 0 Å². The summed E-state index contributed by atoms with van der Waals surface area (Å²) < 4.78 is 12.3. The van der Waals surface area contributed by atoms with Crippen molar-refractivity contribution in [3.8, 4) is 0 Å². The Morgan fingerprint density at radius 3 is 2.53 bits per heavy atom. The molecule has 2 unspecified atom stereocenters. The summed E-state index contributed by atoms with van der Waals surface area (Å²) in [7, 11) is -1.10. The van der Waals surface area contributed by atoms with E-state index in [-0.39, 0.29) is 6.04 Å². The minimum atomic E-state index is -1.10. The summed E-state index contributed by atoms with van der Waals surface area (Å²) in [5.41, 5.74) is 6.20. The fraction of sp³-hybridized carbons (Fsp3) is 0.571. The molecule has 19 heavy (non-hydrogen) atoms. The number of hydrogen-bond acceptors (Lipinski definition) is 2. The average Bonchev–Trinajstić information content (AvgIpc) is 2.42. The summed E-state index contributed by atoms with van der Waals surface area (Å²) >= 11 is 11.8. The van der Waals surface area contributed by atoms with Crippen LogP contribution in [0.3, 0.4) is 0 Å². The van der Waals surface area contributed by atoms with Crippen molar-refractivity contribution < 1.29 is 4.21 Å². The van der Waals surface area contributed by atoms with E-state index in [2.05, 4.69) is 0 Å². The molecule has 2 atom stereocenters. The maximum atomic E-state index is 12.3. The fourth-order valence-electron chi connectivity index (χ4n) is 2.59. The maximum Gasteiger partial charge on any atom is 0.0604 e. The lowest BCUT2D eigenvalue weighted by Gasteiger charge is -2.27. The van der Waals surface area contributed by atoms with E-state index in [1.165, 1.54) is 32.1 Å². The minimum Gasteiger partial charge on any atom is -0.327 e. The smallest absolute Gasteiger partial charge is 0.0604 e. The van der Waals surface area contributed by atoms with Crippen LogP contribution in [0.4, 0.5) is 0 Å². The standard InChI is InChI=1S/C14H19Cl2NOS/c15-12-7-6-11(8-13(12)16)19(18)9-14(17)10-4-2-1-3-5-10/h6-8,10,14H,1-5,9,17H2. The largest absolute Gasteiger partial charge is 0.327 e. The quantitative estimate of drug-likeness (QED) is 0.911. The van der Waals surface area contributed by atoms with E-state index in [1.54, 1.807) is 18.2 Å². The van der Waals surface area contributed by atoms with Gasteiger partial charge in [0.15, 0.2) is 0 Å². The third-order valence-corrected chi connectivity index (χ3v) is 5.96. The first-order valence-corrected chi connectivity index (χ1v) is 8.74. The van der Waals surface area contributed by atoms with Gasteiger partial charge < -0.3 is 5.73 Å². The monoisotopic (exact) mass is 319 g/mol. The molecule has 1 aliphatic carbocycles. The molecule has 1 saturated carbocycles. The molecule has 0 bridgehead atoms. The molecule has 5 heteroatoms. The third-order valence-electron chi connectivity index (χ3n) is 3.75. The van der Waals surface area contributed by atoms with Crippen molar-refractivity contribution in [3.63, 3.8) is 0 Å². The molecule has 1 aliphatic rings. The molecule has 0 radical (unpaired) electrons. The number of hydrogen-bond donors (Lipinski definition) is 1. The summed E-state index contributed by atoms with van der Waals surface area (Å²) in [6, 6.07) is 5.13. The molecule has 0 saturated heterocycles. The summed E-state index contributed by atoms with van der Waals surface area (Å²) in [6.07, 6.45) is 6.13. The van der Waals surface area contributed by atoms with Crippen LogP contribution < -0.4 is 5.73 Å². The Morgan fingerprint density at radius 1 is 1.21 bits per heavy atom. The van der Waals surface area contributed by atoms with Crippen molar-refractivity contribution in [2.75, 3.05) is 5.75 Å². The van der Waals surface area contributed by atoms with Gasteiger partial charge in [0.05, 0.1) is 20.8 Å². The van der Waals surface area contributed by atoms with Gasteiger partial charge in [-0.25, -0.2) is 0 Å². The molecule has 0 aliphatic heterocycles. The second-order valence-electron chi connectivity index (χ2n) is 5.15. The van der Waals surface area contributed by atoms with Crippen molar-refractivity contribution in [1.82, 2.24) is 0 Å². The van der Waals surface area contributed by atoms with Crippen LogP contribution in [0, 0.1) is 5.92 Å². The highest BCUT2D eigenvalue weighted by Crippen LogP contribution is 2.28. The highest BCUT2D eigenvalue weighted by Gasteiger charge is 2.22. The summed E-state index contributed by atoms with van der Waals surface area (Å²) in [6.45, 7) is 0. The molecule has 2 rings (SSSR count). The van der Waals surface area contributed by atoms with Crippen LogP contribution in [0.2, 0.25) is 10.0 Å². The molecule has 2 N–H and O–H groups in total. The Hall–Kier alpha value is -0.0900. The Balaban J connectivity index is 1.97. The topological polar surface area (TPSA) is 43.1 Å². The van der Waals surface area contributed by atoms with Gasteiger partial charge in [-0.05, 0) is 37.0 Å². The Kier molecular flexibility index (Phi) is 5.70. The molecule has 106 valence electrons. The predicted octanol–water partition coefficient (Wildman–Crippen LogP) is 4.01. The predicted molar refractivity (Wildman–Crippen MR) is 82.3 cm³/mol. The van der Waals surface area contributed by atoms with Gasteiger partial charge in [-0.3, -0.25) is 4.21 Å². The Morgan fingerprint density at radius 2 is 1.89 bits per heavy atom. The minimum absolute atomic E-state index is 0.00980. The Labute approximate surface area is 127 Å². The van der Waals surface area contributed by atoms with Crippen molar-refractivity contribution in [1.29, 1.82) is 0 Å². The molecule has 2 nitrogen and oxygen atoms in total. The van der Waals surface area contributed by atoms with Gasteiger partial charge in [-0.2, -0.15) is 0 Å². The molecule has 1 fully saturated rings. The van der Waals surface area contributed by atoms with Crippen LogP contribution in [0.5, 0.6) is 0 Å². The van der Waals surface area contributed by atoms with Gasteiger partial charge in [0.1, 0.15) is 0 Å². The van der Waals surface area contributed by atoms with E-state index < -0.39 is 10.8 Å². The normalized spacial score (nSPS) is 20.2. The lowest BCUT2D eigenvalue weighted by atomic mass is 9.85. The molecule has 0 heterocycles. The molecule has 0 spiro atoms. The van der Waals surface area contributed by atoms with Crippen LogP contribution in [-0.4, -0.2) is 16.0 Å². The molecular formula is C14H19Cl2NOS. The Bertz CT molecular complexity index is 461. The molecule has 0 aromatic heterocycles. The van der Waals surface area contributed by atoms with E-state index in [1.807, 2.05) is 0 Å². The van der Waals surface area contributed by atoms with E-state index in [9.17, 15) is 4.21 Å². The van der Waals surface area contributed by atoms with Crippen LogP contribution in [0.25, 0.3) is 0 Å².